The van der Waals surface area contributed by atoms with Crippen molar-refractivity contribution >= 4 is 11.6 Å². The molecule has 1 aliphatic rings. The van der Waals surface area contributed by atoms with E-state index in [4.69, 9.17) is 9.47 Å². The van der Waals surface area contributed by atoms with Gasteiger partial charge in [-0.25, -0.2) is 0 Å². The molecule has 1 atom stereocenters. The van der Waals surface area contributed by atoms with Crippen LogP contribution < -0.4 is 14.8 Å². The molecule has 6 nitrogen and oxygen atoms in total. The van der Waals surface area contributed by atoms with Gasteiger partial charge in [-0.15, -0.1) is 0 Å². The number of carbonyl (C=O) groups is 1. The molecular weight excluding hydrogens is 378 g/mol. The first-order chi connectivity index (χ1) is 14.5. The summed E-state index contributed by atoms with van der Waals surface area (Å²) in [4.78, 5) is 17.3. The van der Waals surface area contributed by atoms with Crippen LogP contribution in [0.1, 0.15) is 25.0 Å². The molecule has 3 rings (SSSR count). The summed E-state index contributed by atoms with van der Waals surface area (Å²) in [6.45, 7) is 8.57. The number of nitrogens with zero attached hydrogens (tertiary/aromatic N) is 2. The van der Waals surface area contributed by atoms with Gasteiger partial charge in [-0.1, -0.05) is 25.1 Å². The second-order valence-electron chi connectivity index (χ2n) is 7.72. The zero-order chi connectivity index (χ0) is 21.5. The quantitative estimate of drug-likeness (QED) is 0.721. The molecule has 6 heteroatoms. The van der Waals surface area contributed by atoms with Crippen molar-refractivity contribution in [2.75, 3.05) is 45.7 Å². The Morgan fingerprint density at radius 1 is 0.967 bits per heavy atom. The highest BCUT2D eigenvalue weighted by atomic mass is 16.5. The van der Waals surface area contributed by atoms with Gasteiger partial charge in [0.25, 0.3) is 0 Å². The van der Waals surface area contributed by atoms with E-state index in [1.165, 1.54) is 11.1 Å². The van der Waals surface area contributed by atoms with Crippen LogP contribution in [0.4, 0.5) is 5.69 Å². The third-order valence-corrected chi connectivity index (χ3v) is 5.82. The van der Waals surface area contributed by atoms with Gasteiger partial charge < -0.3 is 14.8 Å². The van der Waals surface area contributed by atoms with Gasteiger partial charge in [0.05, 0.1) is 20.3 Å². The topological polar surface area (TPSA) is 54.0 Å². The lowest BCUT2D eigenvalue weighted by atomic mass is 10.1. The zero-order valence-electron chi connectivity index (χ0n) is 18.5. The minimum absolute atomic E-state index is 0.0487. The summed E-state index contributed by atoms with van der Waals surface area (Å²) in [5.74, 6) is 1.55. The number of piperazine rings is 1. The Bertz CT molecular complexity index is 830. The number of hydrogen-bond acceptors (Lipinski definition) is 5. The molecule has 1 N–H and O–H groups in total. The van der Waals surface area contributed by atoms with Gasteiger partial charge >= 0.3 is 0 Å². The van der Waals surface area contributed by atoms with Crippen LogP contribution in [-0.4, -0.2) is 62.1 Å². The van der Waals surface area contributed by atoms with Crippen LogP contribution in [0.5, 0.6) is 11.5 Å². The third kappa shape index (κ3) is 5.52. The van der Waals surface area contributed by atoms with E-state index in [2.05, 4.69) is 40.2 Å². The van der Waals surface area contributed by atoms with Crippen molar-refractivity contribution < 1.29 is 14.3 Å². The SMILES string of the molecule is CCc1ccc(NC(=O)[C@H](C)N2CCN(Cc3ccc(OC)c(OC)c3)CC2)cc1. The number of methoxy groups -OCH3 is 2. The summed E-state index contributed by atoms with van der Waals surface area (Å²) in [7, 11) is 3.30. The van der Waals surface area contributed by atoms with Crippen LogP contribution in [0.3, 0.4) is 0 Å². The highest BCUT2D eigenvalue weighted by Gasteiger charge is 2.25. The fraction of sp³-hybridized carbons (Fsp3) is 0.458. The molecule has 1 amide bonds. The summed E-state index contributed by atoms with van der Waals surface area (Å²) < 4.78 is 10.7. The van der Waals surface area contributed by atoms with Crippen molar-refractivity contribution in [3.8, 4) is 11.5 Å². The first kappa shape index (κ1) is 22.1. The van der Waals surface area contributed by atoms with Gasteiger partial charge in [-0.3, -0.25) is 14.6 Å². The molecule has 0 aliphatic carbocycles. The molecule has 1 saturated heterocycles. The second kappa shape index (κ2) is 10.5. The average Bonchev–Trinajstić information content (AvgIpc) is 2.79. The first-order valence-corrected chi connectivity index (χ1v) is 10.6. The van der Waals surface area contributed by atoms with Gasteiger partial charge in [0, 0.05) is 38.4 Å². The maximum absolute atomic E-state index is 12.7. The molecule has 1 fully saturated rings. The van der Waals surface area contributed by atoms with E-state index in [-0.39, 0.29) is 11.9 Å². The Hall–Kier alpha value is -2.57. The maximum Gasteiger partial charge on any atom is 0.241 e. The Kier molecular flexibility index (Phi) is 7.71. The number of rotatable bonds is 8. The highest BCUT2D eigenvalue weighted by molar-refractivity contribution is 5.94. The van der Waals surface area contributed by atoms with Crippen molar-refractivity contribution in [1.29, 1.82) is 0 Å². The number of carbonyl (C=O) groups excluding carboxylic acids is 1. The molecule has 0 bridgehead atoms. The van der Waals surface area contributed by atoms with Crippen molar-refractivity contribution in [2.45, 2.75) is 32.9 Å². The number of benzene rings is 2. The average molecular weight is 412 g/mol. The van der Waals surface area contributed by atoms with Crippen LogP contribution in [0, 0.1) is 0 Å². The lowest BCUT2D eigenvalue weighted by Crippen LogP contribution is -2.52. The van der Waals surface area contributed by atoms with Crippen LogP contribution in [-0.2, 0) is 17.8 Å². The van der Waals surface area contributed by atoms with Gasteiger partial charge in [-0.05, 0) is 48.7 Å². The predicted molar refractivity (Wildman–Crippen MR) is 120 cm³/mol. The summed E-state index contributed by atoms with van der Waals surface area (Å²) in [6, 6.07) is 14.0. The number of ether oxygens (including phenoxy) is 2. The minimum Gasteiger partial charge on any atom is -0.493 e. The van der Waals surface area contributed by atoms with Gasteiger partial charge in [0.2, 0.25) is 5.91 Å². The van der Waals surface area contributed by atoms with E-state index in [0.717, 1.165) is 56.3 Å². The molecule has 0 saturated carbocycles. The molecule has 0 radical (unpaired) electrons. The molecule has 1 aliphatic heterocycles. The van der Waals surface area contributed by atoms with Crippen molar-refractivity contribution in [2.24, 2.45) is 0 Å². The monoisotopic (exact) mass is 411 g/mol. The number of amides is 1. The summed E-state index contributed by atoms with van der Waals surface area (Å²) in [5.41, 5.74) is 3.32. The Morgan fingerprint density at radius 3 is 2.20 bits per heavy atom. The molecule has 162 valence electrons. The molecule has 1 heterocycles. The smallest absolute Gasteiger partial charge is 0.241 e. The van der Waals surface area contributed by atoms with E-state index < -0.39 is 0 Å². The largest absolute Gasteiger partial charge is 0.493 e. The van der Waals surface area contributed by atoms with Crippen molar-refractivity contribution in [3.63, 3.8) is 0 Å². The molecule has 2 aromatic rings. The van der Waals surface area contributed by atoms with Crippen LogP contribution in [0.15, 0.2) is 42.5 Å². The Balaban J connectivity index is 1.50. The van der Waals surface area contributed by atoms with Gasteiger partial charge in [-0.2, -0.15) is 0 Å². The standard InChI is InChI=1S/C24H33N3O3/c1-5-19-6-9-21(10-7-19)25-24(28)18(2)27-14-12-26(13-15-27)17-20-8-11-22(29-3)23(16-20)30-4/h6-11,16,18H,5,12-15,17H2,1-4H3,(H,25,28)/t18-/m0/s1. The fourth-order valence-electron chi connectivity index (χ4n) is 3.78. The molecule has 30 heavy (non-hydrogen) atoms. The molecule has 2 aromatic carbocycles. The molecule has 0 spiro atoms. The van der Waals surface area contributed by atoms with Gasteiger partial charge in [0.1, 0.15) is 0 Å². The zero-order valence-corrected chi connectivity index (χ0v) is 18.5. The van der Waals surface area contributed by atoms with E-state index in [1.54, 1.807) is 14.2 Å². The van der Waals surface area contributed by atoms with Crippen LogP contribution >= 0.6 is 0 Å². The molecule has 0 unspecified atom stereocenters. The van der Waals surface area contributed by atoms with E-state index in [0.29, 0.717) is 0 Å². The number of hydrogen-bond donors (Lipinski definition) is 1. The van der Waals surface area contributed by atoms with E-state index >= 15 is 0 Å². The van der Waals surface area contributed by atoms with Crippen molar-refractivity contribution in [1.82, 2.24) is 9.80 Å². The summed E-state index contributed by atoms with van der Waals surface area (Å²) >= 11 is 0. The van der Waals surface area contributed by atoms with Crippen LogP contribution in [0.2, 0.25) is 0 Å². The first-order valence-electron chi connectivity index (χ1n) is 10.6. The lowest BCUT2D eigenvalue weighted by molar-refractivity contribution is -0.121. The van der Waals surface area contributed by atoms with Crippen LogP contribution in [0.25, 0.3) is 0 Å². The van der Waals surface area contributed by atoms with Crippen molar-refractivity contribution in [3.05, 3.63) is 53.6 Å². The molecule has 0 aromatic heterocycles. The van der Waals surface area contributed by atoms with E-state index in [1.807, 2.05) is 31.2 Å². The number of anilines is 1. The number of aryl methyl sites for hydroxylation is 1. The fourth-order valence-corrected chi connectivity index (χ4v) is 3.78. The lowest BCUT2D eigenvalue weighted by Gasteiger charge is -2.37. The van der Waals surface area contributed by atoms with Gasteiger partial charge in [0.15, 0.2) is 11.5 Å². The third-order valence-electron chi connectivity index (χ3n) is 5.82. The minimum atomic E-state index is -0.154. The summed E-state index contributed by atoms with van der Waals surface area (Å²) in [6.07, 6.45) is 0.998. The Labute approximate surface area is 179 Å². The number of nitrogens with one attached hydrogen (secondary N) is 1. The Morgan fingerprint density at radius 2 is 1.60 bits per heavy atom. The highest BCUT2D eigenvalue weighted by Crippen LogP contribution is 2.28. The normalized spacial score (nSPS) is 16.1. The predicted octanol–water partition coefficient (Wildman–Crippen LogP) is 3.41. The second-order valence-corrected chi connectivity index (χ2v) is 7.72. The van der Waals surface area contributed by atoms with E-state index in [9.17, 15) is 4.79 Å². The molecular formula is C24H33N3O3. The maximum atomic E-state index is 12.7. The summed E-state index contributed by atoms with van der Waals surface area (Å²) in [5, 5.41) is 3.04.